The van der Waals surface area contributed by atoms with Gasteiger partial charge in [0.05, 0.1) is 13.2 Å². The Labute approximate surface area is 141 Å². The number of morpholine rings is 1. The topological polar surface area (TPSA) is 46.5 Å². The number of aromatic nitrogens is 1. The zero-order valence-electron chi connectivity index (χ0n) is 13.3. The summed E-state index contributed by atoms with van der Waals surface area (Å²) in [5.41, 5.74) is 1.61. The molecular formula is C17H22ClN3O2. The summed E-state index contributed by atoms with van der Waals surface area (Å²) in [6, 6.07) is 7.56. The molecule has 0 aliphatic carbocycles. The number of benzene rings is 1. The summed E-state index contributed by atoms with van der Waals surface area (Å²) < 4.78 is 7.22. The first-order valence-corrected chi connectivity index (χ1v) is 8.37. The Morgan fingerprint density at radius 2 is 2.13 bits per heavy atom. The molecule has 1 saturated heterocycles. The lowest BCUT2D eigenvalue weighted by Gasteiger charge is -2.26. The Morgan fingerprint density at radius 1 is 1.35 bits per heavy atom. The SMILES string of the molecule is Cn1c(C(=O)NCCCN2CCOCC2)cc2c(Cl)cccc21. The molecule has 0 radical (unpaired) electrons. The van der Waals surface area contributed by atoms with E-state index in [4.69, 9.17) is 16.3 Å². The number of ether oxygens (including phenoxy) is 1. The fraction of sp³-hybridized carbons (Fsp3) is 0.471. The summed E-state index contributed by atoms with van der Waals surface area (Å²) in [6.45, 7) is 5.24. The summed E-state index contributed by atoms with van der Waals surface area (Å²) in [5, 5.41) is 4.58. The van der Waals surface area contributed by atoms with E-state index in [9.17, 15) is 4.79 Å². The van der Waals surface area contributed by atoms with Gasteiger partial charge in [-0.3, -0.25) is 9.69 Å². The first-order chi connectivity index (χ1) is 11.2. The van der Waals surface area contributed by atoms with Crippen LogP contribution in [0.5, 0.6) is 0 Å². The Balaban J connectivity index is 1.56. The molecule has 0 bridgehead atoms. The van der Waals surface area contributed by atoms with Crippen molar-refractivity contribution in [3.05, 3.63) is 35.0 Å². The van der Waals surface area contributed by atoms with E-state index < -0.39 is 0 Å². The minimum absolute atomic E-state index is 0.0539. The molecule has 0 unspecified atom stereocenters. The van der Waals surface area contributed by atoms with Crippen LogP contribution in [0.4, 0.5) is 0 Å². The highest BCUT2D eigenvalue weighted by Crippen LogP contribution is 2.26. The third-order valence-corrected chi connectivity index (χ3v) is 4.64. The van der Waals surface area contributed by atoms with Gasteiger partial charge in [-0.25, -0.2) is 0 Å². The van der Waals surface area contributed by atoms with Gasteiger partial charge in [-0.05, 0) is 31.2 Å². The average molecular weight is 336 g/mol. The highest BCUT2D eigenvalue weighted by atomic mass is 35.5. The van der Waals surface area contributed by atoms with Crippen molar-refractivity contribution in [2.45, 2.75) is 6.42 Å². The van der Waals surface area contributed by atoms with Gasteiger partial charge in [0.2, 0.25) is 0 Å². The Morgan fingerprint density at radius 3 is 2.87 bits per heavy atom. The van der Waals surface area contributed by atoms with Gasteiger partial charge in [-0.1, -0.05) is 17.7 Å². The van der Waals surface area contributed by atoms with E-state index in [2.05, 4.69) is 10.2 Å². The van der Waals surface area contributed by atoms with Crippen molar-refractivity contribution in [3.8, 4) is 0 Å². The number of hydrogen-bond acceptors (Lipinski definition) is 3. The van der Waals surface area contributed by atoms with Crippen molar-refractivity contribution in [2.75, 3.05) is 39.4 Å². The molecule has 5 nitrogen and oxygen atoms in total. The predicted molar refractivity (Wildman–Crippen MR) is 92.1 cm³/mol. The number of hydrogen-bond donors (Lipinski definition) is 1. The van der Waals surface area contributed by atoms with Crippen molar-refractivity contribution in [2.24, 2.45) is 7.05 Å². The van der Waals surface area contributed by atoms with Crippen molar-refractivity contribution < 1.29 is 9.53 Å². The zero-order valence-corrected chi connectivity index (χ0v) is 14.1. The first-order valence-electron chi connectivity index (χ1n) is 7.99. The van der Waals surface area contributed by atoms with Gasteiger partial charge in [0.25, 0.3) is 5.91 Å². The molecular weight excluding hydrogens is 314 g/mol. The summed E-state index contributed by atoms with van der Waals surface area (Å²) in [4.78, 5) is 14.8. The summed E-state index contributed by atoms with van der Waals surface area (Å²) in [7, 11) is 1.89. The maximum Gasteiger partial charge on any atom is 0.267 e. The van der Waals surface area contributed by atoms with Gasteiger partial charge in [0.1, 0.15) is 5.69 Å². The largest absolute Gasteiger partial charge is 0.379 e. The van der Waals surface area contributed by atoms with Gasteiger partial charge in [-0.2, -0.15) is 0 Å². The lowest BCUT2D eigenvalue weighted by molar-refractivity contribution is 0.0374. The second-order valence-electron chi connectivity index (χ2n) is 5.82. The molecule has 1 amide bonds. The van der Waals surface area contributed by atoms with Crippen LogP contribution in [0.15, 0.2) is 24.3 Å². The summed E-state index contributed by atoms with van der Waals surface area (Å²) in [6.07, 6.45) is 0.941. The molecule has 0 saturated carbocycles. The van der Waals surface area contributed by atoms with E-state index in [-0.39, 0.29) is 5.91 Å². The van der Waals surface area contributed by atoms with E-state index in [1.165, 1.54) is 0 Å². The number of rotatable bonds is 5. The zero-order chi connectivity index (χ0) is 16.2. The van der Waals surface area contributed by atoms with Crippen LogP contribution in [0.25, 0.3) is 10.9 Å². The van der Waals surface area contributed by atoms with Crippen LogP contribution in [0, 0.1) is 0 Å². The number of nitrogens with zero attached hydrogens (tertiary/aromatic N) is 2. The number of amides is 1. The maximum absolute atomic E-state index is 12.4. The minimum Gasteiger partial charge on any atom is -0.379 e. The van der Waals surface area contributed by atoms with Crippen molar-refractivity contribution in [3.63, 3.8) is 0 Å². The number of carbonyl (C=O) groups excluding carboxylic acids is 1. The van der Waals surface area contributed by atoms with Crippen LogP contribution in [-0.4, -0.2) is 54.8 Å². The highest BCUT2D eigenvalue weighted by molar-refractivity contribution is 6.35. The minimum atomic E-state index is -0.0539. The van der Waals surface area contributed by atoms with E-state index in [1.807, 2.05) is 35.9 Å². The van der Waals surface area contributed by atoms with Crippen LogP contribution >= 0.6 is 11.6 Å². The maximum atomic E-state index is 12.4. The lowest BCUT2D eigenvalue weighted by Crippen LogP contribution is -2.38. The molecule has 1 aliphatic heterocycles. The third kappa shape index (κ3) is 3.68. The molecule has 0 atom stereocenters. The monoisotopic (exact) mass is 335 g/mol. The van der Waals surface area contributed by atoms with Crippen LogP contribution in [0.1, 0.15) is 16.9 Å². The van der Waals surface area contributed by atoms with Gasteiger partial charge in [-0.15, -0.1) is 0 Å². The summed E-state index contributed by atoms with van der Waals surface area (Å²) >= 11 is 6.20. The molecule has 1 N–H and O–H groups in total. The second-order valence-corrected chi connectivity index (χ2v) is 6.23. The predicted octanol–water partition coefficient (Wildman–Crippen LogP) is 2.28. The molecule has 6 heteroatoms. The molecule has 124 valence electrons. The van der Waals surface area contributed by atoms with Crippen molar-refractivity contribution in [1.29, 1.82) is 0 Å². The smallest absolute Gasteiger partial charge is 0.267 e. The normalized spacial score (nSPS) is 15.9. The van der Waals surface area contributed by atoms with Crippen molar-refractivity contribution >= 4 is 28.4 Å². The Kier molecular flexibility index (Phi) is 5.20. The van der Waals surface area contributed by atoms with E-state index in [0.717, 1.165) is 50.2 Å². The molecule has 1 aromatic heterocycles. The number of carbonyl (C=O) groups is 1. The quantitative estimate of drug-likeness (QED) is 0.853. The fourth-order valence-electron chi connectivity index (χ4n) is 2.96. The number of fused-ring (bicyclic) bond motifs is 1. The molecule has 2 heterocycles. The van der Waals surface area contributed by atoms with Gasteiger partial charge in [0.15, 0.2) is 0 Å². The van der Waals surface area contributed by atoms with Gasteiger partial charge < -0.3 is 14.6 Å². The molecule has 1 fully saturated rings. The molecule has 0 spiro atoms. The van der Waals surface area contributed by atoms with E-state index in [1.54, 1.807) is 0 Å². The van der Waals surface area contributed by atoms with Crippen LogP contribution in [0.3, 0.4) is 0 Å². The van der Waals surface area contributed by atoms with E-state index >= 15 is 0 Å². The van der Waals surface area contributed by atoms with E-state index in [0.29, 0.717) is 17.3 Å². The molecule has 2 aromatic rings. The number of nitrogens with one attached hydrogen (secondary N) is 1. The van der Waals surface area contributed by atoms with Crippen LogP contribution in [0.2, 0.25) is 5.02 Å². The standard InChI is InChI=1S/C17H22ClN3O2/c1-20-15-5-2-4-14(18)13(15)12-16(20)17(22)19-6-3-7-21-8-10-23-11-9-21/h2,4-5,12H,3,6-11H2,1H3,(H,19,22). The average Bonchev–Trinajstić information content (AvgIpc) is 2.91. The summed E-state index contributed by atoms with van der Waals surface area (Å²) in [5.74, 6) is -0.0539. The molecule has 23 heavy (non-hydrogen) atoms. The molecule has 3 rings (SSSR count). The lowest BCUT2D eigenvalue weighted by atomic mass is 10.2. The number of halogens is 1. The van der Waals surface area contributed by atoms with Crippen LogP contribution in [-0.2, 0) is 11.8 Å². The van der Waals surface area contributed by atoms with Gasteiger partial charge in [0, 0.05) is 42.6 Å². The third-order valence-electron chi connectivity index (χ3n) is 4.31. The van der Waals surface area contributed by atoms with Crippen LogP contribution < -0.4 is 5.32 Å². The Bertz CT molecular complexity index is 692. The van der Waals surface area contributed by atoms with Gasteiger partial charge >= 0.3 is 0 Å². The second kappa shape index (κ2) is 7.34. The fourth-order valence-corrected chi connectivity index (χ4v) is 3.19. The first kappa shape index (κ1) is 16.3. The van der Waals surface area contributed by atoms with Crippen molar-refractivity contribution in [1.82, 2.24) is 14.8 Å². The highest BCUT2D eigenvalue weighted by Gasteiger charge is 2.15. The Hall–Kier alpha value is -1.56. The number of aryl methyl sites for hydroxylation is 1. The molecule has 1 aliphatic rings. The molecule has 1 aromatic carbocycles.